The van der Waals surface area contributed by atoms with E-state index in [0.29, 0.717) is 0 Å². The van der Waals surface area contributed by atoms with Crippen LogP contribution >= 0.6 is 0 Å². The Morgan fingerprint density at radius 1 is 0.321 bits per heavy atom. The first-order valence-corrected chi connectivity index (χ1v) is 19.3. The number of fused-ring (bicyclic) bond motifs is 8. The van der Waals surface area contributed by atoms with Crippen LogP contribution in [0.5, 0.6) is 0 Å². The van der Waals surface area contributed by atoms with E-state index in [1.54, 1.807) is 0 Å². The van der Waals surface area contributed by atoms with Crippen LogP contribution < -0.4 is 4.90 Å². The molecule has 262 valence electrons. The molecule has 0 bridgehead atoms. The number of aromatic nitrogens is 1. The first-order chi connectivity index (χ1) is 27.8. The lowest BCUT2D eigenvalue weighted by atomic mass is 9.94. The van der Waals surface area contributed by atoms with Crippen LogP contribution in [0.4, 0.5) is 17.1 Å². The molecule has 0 aliphatic carbocycles. The predicted molar refractivity (Wildman–Crippen MR) is 239 cm³/mol. The van der Waals surface area contributed by atoms with Crippen molar-refractivity contribution >= 4 is 71.2 Å². The normalized spacial score (nSPS) is 11.6. The van der Waals surface area contributed by atoms with E-state index >= 15 is 0 Å². The number of benzene rings is 10. The molecule has 1 heterocycles. The summed E-state index contributed by atoms with van der Waals surface area (Å²) in [5.41, 5.74) is 11.6. The van der Waals surface area contributed by atoms with Gasteiger partial charge in [-0.25, -0.2) is 0 Å². The molecular formula is C54H36N2. The molecule has 11 rings (SSSR count). The van der Waals surface area contributed by atoms with Gasteiger partial charge in [-0.1, -0.05) is 164 Å². The summed E-state index contributed by atoms with van der Waals surface area (Å²) in [5, 5.41) is 10.1. The second kappa shape index (κ2) is 13.2. The summed E-state index contributed by atoms with van der Waals surface area (Å²) in [4.78, 5) is 2.43. The highest BCUT2D eigenvalue weighted by atomic mass is 15.2. The fourth-order valence-corrected chi connectivity index (χ4v) is 8.73. The summed E-state index contributed by atoms with van der Waals surface area (Å²) in [6.45, 7) is 0. The predicted octanol–water partition coefficient (Wildman–Crippen LogP) is 15.0. The third-order valence-electron chi connectivity index (χ3n) is 11.3. The second-order valence-corrected chi connectivity index (χ2v) is 14.5. The standard InChI is InChI=1S/C54H36N2/c1-3-13-37(14-4-1)41-16-11-19-46(36-41)55(52-24-12-22-50-49-21-9-10-23-51(49)56(54(50)52)44-17-5-2-6-18-44)45-32-29-38(30-33-45)42-31-34-48-43(35-42)28-27-40-26-25-39-15-7-8-20-47(39)53(40)48/h1-36H. The van der Waals surface area contributed by atoms with Crippen molar-refractivity contribution in [3.8, 4) is 27.9 Å². The van der Waals surface area contributed by atoms with Crippen LogP contribution in [0.25, 0.3) is 82.1 Å². The highest BCUT2D eigenvalue weighted by molar-refractivity contribution is 6.20. The fourth-order valence-electron chi connectivity index (χ4n) is 8.73. The number of anilines is 3. The van der Waals surface area contributed by atoms with E-state index in [9.17, 15) is 0 Å². The van der Waals surface area contributed by atoms with Crippen LogP contribution in [0, 0.1) is 0 Å². The summed E-state index contributed by atoms with van der Waals surface area (Å²) in [5.74, 6) is 0. The van der Waals surface area contributed by atoms with Crippen LogP contribution in [0.15, 0.2) is 218 Å². The molecule has 2 heteroatoms. The molecule has 2 nitrogen and oxygen atoms in total. The summed E-state index contributed by atoms with van der Waals surface area (Å²) in [7, 11) is 0. The van der Waals surface area contributed by atoms with Crippen molar-refractivity contribution in [1.82, 2.24) is 4.57 Å². The molecule has 0 saturated carbocycles. The molecule has 0 saturated heterocycles. The minimum atomic E-state index is 1.09. The van der Waals surface area contributed by atoms with E-state index in [1.807, 2.05) is 0 Å². The van der Waals surface area contributed by atoms with E-state index in [1.165, 1.54) is 76.4 Å². The van der Waals surface area contributed by atoms with Crippen molar-refractivity contribution in [1.29, 1.82) is 0 Å². The molecule has 1 aromatic heterocycles. The van der Waals surface area contributed by atoms with Crippen LogP contribution in [-0.2, 0) is 0 Å². The van der Waals surface area contributed by atoms with Gasteiger partial charge in [-0.15, -0.1) is 0 Å². The first kappa shape index (κ1) is 32.0. The molecule has 0 unspecified atom stereocenters. The maximum Gasteiger partial charge on any atom is 0.0782 e. The highest BCUT2D eigenvalue weighted by Crippen LogP contribution is 2.44. The third kappa shape index (κ3) is 5.26. The quantitative estimate of drug-likeness (QED) is 0.156. The maximum atomic E-state index is 2.43. The van der Waals surface area contributed by atoms with Crippen LogP contribution in [0.2, 0.25) is 0 Å². The molecule has 0 atom stereocenters. The van der Waals surface area contributed by atoms with E-state index in [4.69, 9.17) is 0 Å². The lowest BCUT2D eigenvalue weighted by molar-refractivity contribution is 1.17. The zero-order valence-corrected chi connectivity index (χ0v) is 30.7. The van der Waals surface area contributed by atoms with E-state index in [0.717, 1.165) is 22.7 Å². The van der Waals surface area contributed by atoms with E-state index in [2.05, 4.69) is 228 Å². The smallest absolute Gasteiger partial charge is 0.0782 e. The zero-order valence-electron chi connectivity index (χ0n) is 30.7. The first-order valence-electron chi connectivity index (χ1n) is 19.3. The van der Waals surface area contributed by atoms with Gasteiger partial charge in [-0.3, -0.25) is 0 Å². The van der Waals surface area contributed by atoms with Crippen molar-refractivity contribution in [2.24, 2.45) is 0 Å². The number of hydrogen-bond acceptors (Lipinski definition) is 1. The Kier molecular flexibility index (Phi) is 7.53. The molecule has 0 amide bonds. The van der Waals surface area contributed by atoms with Crippen molar-refractivity contribution in [3.05, 3.63) is 218 Å². The molecule has 0 aliphatic rings. The SMILES string of the molecule is c1ccc(-c2cccc(N(c3ccc(-c4ccc5c(ccc6ccc7ccccc7c65)c4)cc3)c3cccc4c5ccccc5n(-c5ccccc5)c34)c2)cc1. The number of nitrogens with zero attached hydrogens (tertiary/aromatic N) is 2. The van der Waals surface area contributed by atoms with E-state index < -0.39 is 0 Å². The molecule has 11 aromatic rings. The average molecular weight is 713 g/mol. The van der Waals surface area contributed by atoms with Crippen molar-refractivity contribution in [3.63, 3.8) is 0 Å². The van der Waals surface area contributed by atoms with Crippen molar-refractivity contribution < 1.29 is 0 Å². The molecule has 10 aromatic carbocycles. The second-order valence-electron chi connectivity index (χ2n) is 14.5. The zero-order chi connectivity index (χ0) is 37.0. The Bertz CT molecular complexity index is 3230. The van der Waals surface area contributed by atoms with Gasteiger partial charge in [0.2, 0.25) is 0 Å². The molecule has 0 fully saturated rings. The number of para-hydroxylation sites is 3. The summed E-state index contributed by atoms with van der Waals surface area (Å²) in [6.07, 6.45) is 0. The monoisotopic (exact) mass is 712 g/mol. The Morgan fingerprint density at radius 3 is 1.75 bits per heavy atom. The van der Waals surface area contributed by atoms with Crippen molar-refractivity contribution in [2.45, 2.75) is 0 Å². The van der Waals surface area contributed by atoms with Crippen LogP contribution in [-0.4, -0.2) is 4.57 Å². The number of rotatable bonds is 6. The fraction of sp³-hybridized carbons (Fsp3) is 0. The molecule has 0 radical (unpaired) electrons. The molecule has 0 spiro atoms. The van der Waals surface area contributed by atoms with Gasteiger partial charge in [0.25, 0.3) is 0 Å². The van der Waals surface area contributed by atoms with Gasteiger partial charge in [0.15, 0.2) is 0 Å². The van der Waals surface area contributed by atoms with Gasteiger partial charge >= 0.3 is 0 Å². The van der Waals surface area contributed by atoms with Crippen LogP contribution in [0.1, 0.15) is 0 Å². The topological polar surface area (TPSA) is 8.17 Å². The Labute approximate surface area is 325 Å². The maximum absolute atomic E-state index is 2.43. The molecule has 0 aliphatic heterocycles. The lowest BCUT2D eigenvalue weighted by Crippen LogP contribution is -2.11. The number of hydrogen-bond donors (Lipinski definition) is 0. The molecule has 56 heavy (non-hydrogen) atoms. The van der Waals surface area contributed by atoms with Gasteiger partial charge in [0.1, 0.15) is 0 Å². The largest absolute Gasteiger partial charge is 0.308 e. The molecular weight excluding hydrogens is 677 g/mol. The summed E-state index contributed by atoms with van der Waals surface area (Å²) in [6, 6.07) is 79.5. The Morgan fingerprint density at radius 2 is 0.911 bits per heavy atom. The van der Waals surface area contributed by atoms with Gasteiger partial charge < -0.3 is 9.47 Å². The van der Waals surface area contributed by atoms with Gasteiger partial charge in [0, 0.05) is 27.8 Å². The minimum absolute atomic E-state index is 1.09. The van der Waals surface area contributed by atoms with Gasteiger partial charge in [0.05, 0.1) is 16.7 Å². The average Bonchev–Trinajstić information content (AvgIpc) is 3.62. The Hall–Kier alpha value is -7.42. The van der Waals surface area contributed by atoms with Crippen molar-refractivity contribution in [2.75, 3.05) is 4.90 Å². The van der Waals surface area contributed by atoms with E-state index in [-0.39, 0.29) is 0 Å². The summed E-state index contributed by atoms with van der Waals surface area (Å²) < 4.78 is 2.42. The molecule has 0 N–H and O–H groups in total. The highest BCUT2D eigenvalue weighted by Gasteiger charge is 2.22. The van der Waals surface area contributed by atoms with Gasteiger partial charge in [-0.2, -0.15) is 0 Å². The summed E-state index contributed by atoms with van der Waals surface area (Å²) >= 11 is 0. The Balaban J connectivity index is 1.09. The third-order valence-corrected chi connectivity index (χ3v) is 11.3. The lowest BCUT2D eigenvalue weighted by Gasteiger charge is -2.28. The van der Waals surface area contributed by atoms with Gasteiger partial charge in [-0.05, 0) is 109 Å². The van der Waals surface area contributed by atoms with Crippen LogP contribution in [0.3, 0.4) is 0 Å². The minimum Gasteiger partial charge on any atom is -0.308 e.